The molecule has 2 aliphatic rings. The lowest BCUT2D eigenvalue weighted by Crippen LogP contribution is -2.50. The van der Waals surface area contributed by atoms with Crippen molar-refractivity contribution in [3.8, 4) is 0 Å². The molecule has 4 rings (SSSR count). The van der Waals surface area contributed by atoms with E-state index in [-0.39, 0.29) is 0 Å². The molecular weight excluding hydrogens is 344 g/mol. The number of aromatic nitrogens is 2. The van der Waals surface area contributed by atoms with E-state index in [2.05, 4.69) is 26.3 Å². The third-order valence-electron chi connectivity index (χ3n) is 4.14. The van der Waals surface area contributed by atoms with Gasteiger partial charge in [-0.05, 0) is 34.3 Å². The number of nitrogens with two attached hydrogens (primary N) is 2. The normalized spacial score (nSPS) is 25.3. The monoisotopic (exact) mass is 360 g/mol. The average Bonchev–Trinajstić information content (AvgIpc) is 3.19. The Labute approximate surface area is 136 Å². The molecule has 1 atom stereocenters. The van der Waals surface area contributed by atoms with Gasteiger partial charge in [0.05, 0.1) is 16.2 Å². The van der Waals surface area contributed by atoms with Crippen LogP contribution < -0.4 is 16.8 Å². The van der Waals surface area contributed by atoms with Crippen molar-refractivity contribution < 1.29 is 0 Å². The lowest BCUT2D eigenvalue weighted by Gasteiger charge is -2.31. The maximum atomic E-state index is 6.52. The molecule has 1 fully saturated rings. The summed E-state index contributed by atoms with van der Waals surface area (Å²) < 4.78 is 2.46. The Bertz CT molecular complexity index is 803. The van der Waals surface area contributed by atoms with Crippen LogP contribution in [0.2, 0.25) is 0 Å². The molecule has 1 saturated carbocycles. The van der Waals surface area contributed by atoms with Gasteiger partial charge in [-0.25, -0.2) is 4.99 Å². The first-order valence-corrected chi connectivity index (χ1v) is 8.11. The maximum absolute atomic E-state index is 6.52. The molecule has 1 aliphatic carbocycles. The van der Waals surface area contributed by atoms with Crippen LogP contribution in [-0.4, -0.2) is 21.4 Å². The van der Waals surface area contributed by atoms with Crippen molar-refractivity contribution in [1.29, 1.82) is 0 Å². The number of hydrogen-bond donors (Lipinski definition) is 3. The van der Waals surface area contributed by atoms with Gasteiger partial charge in [-0.15, -0.1) is 0 Å². The molecule has 0 spiro atoms. The molecule has 7 heteroatoms. The van der Waals surface area contributed by atoms with Gasteiger partial charge < -0.3 is 16.8 Å². The zero-order valence-corrected chi connectivity index (χ0v) is 13.5. The summed E-state index contributed by atoms with van der Waals surface area (Å²) in [5.41, 5.74) is 12.8. The van der Waals surface area contributed by atoms with Crippen LogP contribution in [0.5, 0.6) is 0 Å². The first kappa shape index (κ1) is 13.8. The molecule has 1 aromatic heterocycles. The predicted octanol–water partition coefficient (Wildman–Crippen LogP) is 1.82. The third-order valence-corrected chi connectivity index (χ3v) is 5.26. The van der Waals surface area contributed by atoms with Crippen LogP contribution in [0.4, 0.5) is 0 Å². The van der Waals surface area contributed by atoms with Gasteiger partial charge in [0.15, 0.2) is 0 Å². The number of nitrogens with one attached hydrogen (secondary N) is 1. The molecule has 2 aromatic rings. The number of nitrogens with zero attached hydrogens (tertiary/aromatic N) is 3. The minimum atomic E-state index is -0.821. The number of benzene rings is 1. The van der Waals surface area contributed by atoms with E-state index >= 15 is 0 Å². The second kappa shape index (κ2) is 4.82. The molecule has 1 aromatic carbocycles. The van der Waals surface area contributed by atoms with Gasteiger partial charge in [0.25, 0.3) is 0 Å². The predicted molar refractivity (Wildman–Crippen MR) is 90.1 cm³/mol. The summed E-state index contributed by atoms with van der Waals surface area (Å²) in [4.78, 5) is 4.72. The van der Waals surface area contributed by atoms with Crippen LogP contribution in [0.15, 0.2) is 45.8 Å². The third kappa shape index (κ3) is 2.21. The van der Waals surface area contributed by atoms with E-state index in [1.807, 2.05) is 30.5 Å². The Kier molecular flexibility index (Phi) is 3.02. The number of para-hydroxylation sites is 1. The standard InChI is InChI=1S/C15H17BrN6/c16-12-13(17)20-14(21-15(12,18)7-9-5-6-9)22-11-4-2-1-3-10(11)8-19-22/h1-4,8-9H,5-7,17-18H2,(H,20,21). The average molecular weight is 361 g/mol. The number of hydrogen-bond acceptors (Lipinski definition) is 5. The molecule has 0 saturated heterocycles. The molecule has 0 radical (unpaired) electrons. The highest BCUT2D eigenvalue weighted by atomic mass is 79.9. The van der Waals surface area contributed by atoms with E-state index in [4.69, 9.17) is 16.5 Å². The summed E-state index contributed by atoms with van der Waals surface area (Å²) in [5, 5.41) is 8.55. The van der Waals surface area contributed by atoms with E-state index in [9.17, 15) is 0 Å². The smallest absolute Gasteiger partial charge is 0.227 e. The molecule has 0 bridgehead atoms. The van der Waals surface area contributed by atoms with Gasteiger partial charge in [-0.2, -0.15) is 9.78 Å². The summed E-state index contributed by atoms with van der Waals surface area (Å²) in [6.45, 7) is 0. The van der Waals surface area contributed by atoms with Gasteiger partial charge in [0, 0.05) is 5.39 Å². The fourth-order valence-corrected chi connectivity index (χ4v) is 3.16. The molecule has 22 heavy (non-hydrogen) atoms. The van der Waals surface area contributed by atoms with E-state index in [0.717, 1.165) is 17.3 Å². The Balaban J connectivity index is 1.79. The van der Waals surface area contributed by atoms with Crippen LogP contribution in [0.25, 0.3) is 10.9 Å². The Morgan fingerprint density at radius 1 is 1.36 bits per heavy atom. The minimum Gasteiger partial charge on any atom is -0.384 e. The highest BCUT2D eigenvalue weighted by Crippen LogP contribution is 2.41. The molecule has 1 unspecified atom stereocenters. The van der Waals surface area contributed by atoms with Crippen molar-refractivity contribution in [3.05, 3.63) is 40.8 Å². The lowest BCUT2D eigenvalue weighted by atomic mass is 10.0. The van der Waals surface area contributed by atoms with Crippen LogP contribution in [0.3, 0.4) is 0 Å². The topological polar surface area (TPSA) is 94.3 Å². The Morgan fingerprint density at radius 2 is 2.14 bits per heavy atom. The highest BCUT2D eigenvalue weighted by molar-refractivity contribution is 9.11. The van der Waals surface area contributed by atoms with E-state index in [1.165, 1.54) is 12.8 Å². The van der Waals surface area contributed by atoms with E-state index in [1.54, 1.807) is 4.68 Å². The molecule has 6 nitrogen and oxygen atoms in total. The molecule has 2 heterocycles. The Morgan fingerprint density at radius 3 is 2.91 bits per heavy atom. The van der Waals surface area contributed by atoms with Crippen molar-refractivity contribution in [1.82, 2.24) is 15.1 Å². The SMILES string of the molecule is NC1=C(Br)C(N)(CC2CC2)N=C(n2ncc3ccccc32)N1. The number of halogens is 1. The number of rotatable bonds is 2. The van der Waals surface area contributed by atoms with Crippen molar-refractivity contribution in [2.24, 2.45) is 22.4 Å². The maximum Gasteiger partial charge on any atom is 0.227 e. The van der Waals surface area contributed by atoms with Gasteiger partial charge in [-0.3, -0.25) is 0 Å². The first-order chi connectivity index (χ1) is 10.6. The minimum absolute atomic E-state index is 0.493. The van der Waals surface area contributed by atoms with Crippen molar-refractivity contribution in [3.63, 3.8) is 0 Å². The Hall–Kier alpha value is -1.86. The second-order valence-corrected chi connectivity index (χ2v) is 6.77. The van der Waals surface area contributed by atoms with Gasteiger partial charge >= 0.3 is 0 Å². The zero-order chi connectivity index (χ0) is 15.3. The van der Waals surface area contributed by atoms with Crippen molar-refractivity contribution >= 4 is 32.8 Å². The van der Waals surface area contributed by atoms with E-state index < -0.39 is 5.66 Å². The van der Waals surface area contributed by atoms with Crippen LogP contribution in [0, 0.1) is 5.92 Å². The van der Waals surface area contributed by atoms with Gasteiger partial charge in [0.1, 0.15) is 11.5 Å². The molecule has 1 aliphatic heterocycles. The van der Waals surface area contributed by atoms with Crippen LogP contribution in [-0.2, 0) is 0 Å². The van der Waals surface area contributed by atoms with Crippen LogP contribution >= 0.6 is 15.9 Å². The molecule has 5 N–H and O–H groups in total. The van der Waals surface area contributed by atoms with Gasteiger partial charge in [0.2, 0.25) is 5.96 Å². The summed E-state index contributed by atoms with van der Waals surface area (Å²) in [5.74, 6) is 1.68. The first-order valence-electron chi connectivity index (χ1n) is 7.31. The van der Waals surface area contributed by atoms with Crippen LogP contribution in [0.1, 0.15) is 19.3 Å². The number of fused-ring (bicyclic) bond motifs is 1. The molecule has 114 valence electrons. The van der Waals surface area contributed by atoms with Crippen molar-refractivity contribution in [2.45, 2.75) is 24.9 Å². The van der Waals surface area contributed by atoms with E-state index in [0.29, 0.717) is 22.2 Å². The summed E-state index contributed by atoms with van der Waals surface area (Å²) in [7, 11) is 0. The zero-order valence-electron chi connectivity index (χ0n) is 12.0. The van der Waals surface area contributed by atoms with Crippen molar-refractivity contribution in [2.75, 3.05) is 0 Å². The fourth-order valence-electron chi connectivity index (χ4n) is 2.81. The summed E-state index contributed by atoms with van der Waals surface area (Å²) >= 11 is 3.50. The molecule has 0 amide bonds. The lowest BCUT2D eigenvalue weighted by molar-refractivity contribution is 0.455. The number of aliphatic imine (C=N–C) groups is 1. The quantitative estimate of drug-likeness (QED) is 0.761. The van der Waals surface area contributed by atoms with Gasteiger partial charge in [-0.1, -0.05) is 31.0 Å². The highest BCUT2D eigenvalue weighted by Gasteiger charge is 2.40. The summed E-state index contributed by atoms with van der Waals surface area (Å²) in [6.07, 6.45) is 5.02. The second-order valence-electron chi connectivity index (χ2n) is 5.98. The molecular formula is C15H17BrN6. The summed E-state index contributed by atoms with van der Waals surface area (Å²) in [6, 6.07) is 7.96. The fraction of sp³-hybridized carbons (Fsp3) is 0.333. The largest absolute Gasteiger partial charge is 0.384 e.